The maximum atomic E-state index is 13.1. The highest BCUT2D eigenvalue weighted by molar-refractivity contribution is 7.92. The molecule has 2 amide bonds. The molecule has 0 saturated carbocycles. The lowest BCUT2D eigenvalue weighted by atomic mass is 10.1. The fourth-order valence-corrected chi connectivity index (χ4v) is 5.15. The van der Waals surface area contributed by atoms with Gasteiger partial charge in [-0.25, -0.2) is 8.42 Å². The SMILES string of the molecule is COc1ccc(N([C@H](C)C(=O)Nc2ccccc2C(=O)NC[C@H]2CCCO2)S(C)(=O)=O)cc1Cl. The summed E-state index contributed by atoms with van der Waals surface area (Å²) in [6, 6.07) is 9.83. The van der Waals surface area contributed by atoms with E-state index in [-0.39, 0.29) is 34.0 Å². The van der Waals surface area contributed by atoms with Crippen LogP contribution in [0.1, 0.15) is 30.1 Å². The number of amides is 2. The number of hydrogen-bond acceptors (Lipinski definition) is 6. The average molecular weight is 510 g/mol. The number of sulfonamides is 1. The molecule has 2 N–H and O–H groups in total. The molecule has 2 atom stereocenters. The largest absolute Gasteiger partial charge is 0.495 e. The van der Waals surface area contributed by atoms with Crippen LogP contribution in [0.3, 0.4) is 0 Å². The molecular formula is C23H28ClN3O6S. The molecule has 3 rings (SSSR count). The van der Waals surface area contributed by atoms with Crippen molar-refractivity contribution in [2.24, 2.45) is 0 Å². The molecular weight excluding hydrogens is 482 g/mol. The summed E-state index contributed by atoms with van der Waals surface area (Å²) in [4.78, 5) is 25.8. The second kappa shape index (κ2) is 11.1. The molecule has 1 saturated heterocycles. The molecule has 1 aliphatic heterocycles. The second-order valence-electron chi connectivity index (χ2n) is 7.93. The number of hydrogen-bond donors (Lipinski definition) is 2. The Hall–Kier alpha value is -2.82. The lowest BCUT2D eigenvalue weighted by Crippen LogP contribution is -2.45. The number of methoxy groups -OCH3 is 1. The first-order valence-corrected chi connectivity index (χ1v) is 13.0. The molecule has 0 unspecified atom stereocenters. The number of nitrogens with one attached hydrogen (secondary N) is 2. The van der Waals surface area contributed by atoms with Gasteiger partial charge in [0.15, 0.2) is 0 Å². The van der Waals surface area contributed by atoms with Crippen LogP contribution >= 0.6 is 11.6 Å². The van der Waals surface area contributed by atoms with Crippen molar-refractivity contribution < 1.29 is 27.5 Å². The molecule has 184 valence electrons. The van der Waals surface area contributed by atoms with Crippen molar-refractivity contribution in [1.29, 1.82) is 0 Å². The van der Waals surface area contributed by atoms with Gasteiger partial charge in [-0.1, -0.05) is 23.7 Å². The predicted octanol–water partition coefficient (Wildman–Crippen LogP) is 3.05. The average Bonchev–Trinajstić information content (AvgIpc) is 3.31. The summed E-state index contributed by atoms with van der Waals surface area (Å²) >= 11 is 6.17. The Labute approximate surface area is 204 Å². The van der Waals surface area contributed by atoms with Gasteiger partial charge in [-0.3, -0.25) is 13.9 Å². The summed E-state index contributed by atoms with van der Waals surface area (Å²) in [5.74, 6) is -0.600. The van der Waals surface area contributed by atoms with E-state index in [0.29, 0.717) is 18.9 Å². The molecule has 0 radical (unpaired) electrons. The van der Waals surface area contributed by atoms with Crippen molar-refractivity contribution in [3.63, 3.8) is 0 Å². The Morgan fingerprint density at radius 1 is 1.26 bits per heavy atom. The van der Waals surface area contributed by atoms with Gasteiger partial charge in [0.25, 0.3) is 5.91 Å². The highest BCUT2D eigenvalue weighted by Crippen LogP contribution is 2.31. The van der Waals surface area contributed by atoms with Gasteiger partial charge < -0.3 is 20.1 Å². The predicted molar refractivity (Wildman–Crippen MR) is 131 cm³/mol. The van der Waals surface area contributed by atoms with E-state index in [1.165, 1.54) is 32.2 Å². The van der Waals surface area contributed by atoms with Gasteiger partial charge in [0.05, 0.1) is 41.4 Å². The molecule has 0 aromatic heterocycles. The number of nitrogens with zero attached hydrogens (tertiary/aromatic N) is 1. The number of benzene rings is 2. The van der Waals surface area contributed by atoms with Crippen LogP contribution < -0.4 is 19.7 Å². The highest BCUT2D eigenvalue weighted by atomic mass is 35.5. The van der Waals surface area contributed by atoms with Crippen LogP contribution in [0.5, 0.6) is 5.75 Å². The third kappa shape index (κ3) is 6.19. The third-order valence-electron chi connectivity index (χ3n) is 5.42. The standard InChI is InChI=1S/C23H28ClN3O6S/c1-15(27(34(3,30)31)16-10-11-21(32-2)19(24)13-16)22(28)26-20-9-5-4-8-18(20)23(29)25-14-17-7-6-12-33-17/h4-5,8-11,13,15,17H,6-7,12,14H2,1-3H3,(H,25,29)(H,26,28)/t15-,17-/m1/s1. The molecule has 9 nitrogen and oxygen atoms in total. The van der Waals surface area contributed by atoms with Gasteiger partial charge in [-0.2, -0.15) is 0 Å². The zero-order chi connectivity index (χ0) is 24.9. The van der Waals surface area contributed by atoms with E-state index >= 15 is 0 Å². The number of carbonyl (C=O) groups is 2. The monoisotopic (exact) mass is 509 g/mol. The molecule has 1 aliphatic rings. The number of para-hydroxylation sites is 1. The van der Waals surface area contributed by atoms with Crippen molar-refractivity contribution in [3.05, 3.63) is 53.1 Å². The molecule has 2 aromatic carbocycles. The Bertz CT molecular complexity index is 1150. The Morgan fingerprint density at radius 2 is 2.00 bits per heavy atom. The van der Waals surface area contributed by atoms with E-state index in [4.69, 9.17) is 21.1 Å². The maximum absolute atomic E-state index is 13.1. The summed E-state index contributed by atoms with van der Waals surface area (Å²) in [6.07, 6.45) is 2.82. The van der Waals surface area contributed by atoms with Crippen LogP contribution in [0.4, 0.5) is 11.4 Å². The molecule has 1 fully saturated rings. The molecule has 0 aliphatic carbocycles. The van der Waals surface area contributed by atoms with Crippen LogP contribution in [-0.4, -0.2) is 58.9 Å². The number of anilines is 2. The minimum Gasteiger partial charge on any atom is -0.495 e. The van der Waals surface area contributed by atoms with E-state index < -0.39 is 22.0 Å². The minimum absolute atomic E-state index is 0.0228. The number of carbonyl (C=O) groups excluding carboxylic acids is 2. The van der Waals surface area contributed by atoms with Gasteiger partial charge in [-0.15, -0.1) is 0 Å². The van der Waals surface area contributed by atoms with Crippen molar-refractivity contribution in [3.8, 4) is 5.75 Å². The summed E-state index contributed by atoms with van der Waals surface area (Å²) in [5.41, 5.74) is 0.739. The smallest absolute Gasteiger partial charge is 0.253 e. The molecule has 34 heavy (non-hydrogen) atoms. The van der Waals surface area contributed by atoms with Crippen LogP contribution in [0.15, 0.2) is 42.5 Å². The van der Waals surface area contributed by atoms with Gasteiger partial charge in [0, 0.05) is 13.2 Å². The Morgan fingerprint density at radius 3 is 2.62 bits per heavy atom. The van der Waals surface area contributed by atoms with E-state index in [9.17, 15) is 18.0 Å². The lowest BCUT2D eigenvalue weighted by Gasteiger charge is -2.28. The zero-order valence-electron chi connectivity index (χ0n) is 19.2. The van der Waals surface area contributed by atoms with Crippen LogP contribution in [0.25, 0.3) is 0 Å². The summed E-state index contributed by atoms with van der Waals surface area (Å²) < 4.78 is 36.8. The van der Waals surface area contributed by atoms with Crippen molar-refractivity contribution >= 4 is 44.8 Å². The van der Waals surface area contributed by atoms with Crippen LogP contribution in [-0.2, 0) is 19.6 Å². The summed E-state index contributed by atoms with van der Waals surface area (Å²) in [5, 5.41) is 5.71. The lowest BCUT2D eigenvalue weighted by molar-refractivity contribution is -0.116. The molecule has 0 spiro atoms. The number of halogens is 1. The number of ether oxygens (including phenoxy) is 2. The van der Waals surface area contributed by atoms with E-state index in [0.717, 1.165) is 23.4 Å². The van der Waals surface area contributed by atoms with E-state index in [2.05, 4.69) is 10.6 Å². The van der Waals surface area contributed by atoms with Crippen LogP contribution in [0, 0.1) is 0 Å². The zero-order valence-corrected chi connectivity index (χ0v) is 20.8. The Kier molecular flexibility index (Phi) is 8.40. The van der Waals surface area contributed by atoms with Crippen molar-refractivity contribution in [2.45, 2.75) is 31.9 Å². The quantitative estimate of drug-likeness (QED) is 0.537. The molecule has 0 bridgehead atoms. The van der Waals surface area contributed by atoms with E-state index in [1.54, 1.807) is 24.3 Å². The molecule has 2 aromatic rings. The van der Waals surface area contributed by atoms with E-state index in [1.807, 2.05) is 0 Å². The molecule has 1 heterocycles. The minimum atomic E-state index is -3.86. The van der Waals surface area contributed by atoms with Crippen molar-refractivity contribution in [2.75, 3.05) is 36.1 Å². The summed E-state index contributed by atoms with van der Waals surface area (Å²) in [6.45, 7) is 2.51. The van der Waals surface area contributed by atoms with Crippen LogP contribution in [0.2, 0.25) is 5.02 Å². The normalized spacial score (nSPS) is 16.5. The molecule has 11 heteroatoms. The fraction of sp³-hybridized carbons (Fsp3) is 0.391. The van der Waals surface area contributed by atoms with Gasteiger partial charge >= 0.3 is 0 Å². The first-order chi connectivity index (χ1) is 16.1. The van der Waals surface area contributed by atoms with Gasteiger partial charge in [0.2, 0.25) is 15.9 Å². The third-order valence-corrected chi connectivity index (χ3v) is 6.96. The van der Waals surface area contributed by atoms with Gasteiger partial charge in [-0.05, 0) is 50.1 Å². The topological polar surface area (TPSA) is 114 Å². The van der Waals surface area contributed by atoms with Crippen molar-refractivity contribution in [1.82, 2.24) is 5.32 Å². The first kappa shape index (κ1) is 25.8. The van der Waals surface area contributed by atoms with Gasteiger partial charge in [0.1, 0.15) is 11.8 Å². The fourth-order valence-electron chi connectivity index (χ4n) is 3.74. The maximum Gasteiger partial charge on any atom is 0.253 e. The second-order valence-corrected chi connectivity index (χ2v) is 10.2. The Balaban J connectivity index is 1.79. The summed E-state index contributed by atoms with van der Waals surface area (Å²) in [7, 11) is -2.41. The number of rotatable bonds is 9. The highest BCUT2D eigenvalue weighted by Gasteiger charge is 2.30. The first-order valence-electron chi connectivity index (χ1n) is 10.7.